The van der Waals surface area contributed by atoms with E-state index in [1.165, 1.54) is 18.2 Å². The summed E-state index contributed by atoms with van der Waals surface area (Å²) in [6.07, 6.45) is 0. The highest BCUT2D eigenvalue weighted by Gasteiger charge is 2.16. The first kappa shape index (κ1) is 15.0. The SMILES string of the molecule is Cc1[nH]c2c(OCc3ccc(F)cc3)nc(C(=O)O)cc2c1C. The Bertz CT molecular complexity index is 885. The van der Waals surface area contributed by atoms with Gasteiger partial charge in [0.05, 0.1) is 0 Å². The highest BCUT2D eigenvalue weighted by atomic mass is 19.1. The number of aromatic carboxylic acids is 1. The van der Waals surface area contributed by atoms with Gasteiger partial charge in [-0.3, -0.25) is 0 Å². The number of carboxylic acid groups (broad SMARTS) is 1. The van der Waals surface area contributed by atoms with Gasteiger partial charge in [-0.15, -0.1) is 0 Å². The van der Waals surface area contributed by atoms with Gasteiger partial charge in [0.25, 0.3) is 0 Å². The van der Waals surface area contributed by atoms with Gasteiger partial charge >= 0.3 is 5.97 Å². The summed E-state index contributed by atoms with van der Waals surface area (Å²) in [4.78, 5) is 18.5. The second-order valence-electron chi connectivity index (χ2n) is 5.33. The molecule has 0 saturated heterocycles. The first-order valence-corrected chi connectivity index (χ1v) is 7.06. The largest absolute Gasteiger partial charge is 0.477 e. The van der Waals surface area contributed by atoms with E-state index < -0.39 is 5.97 Å². The fraction of sp³-hybridized carbons (Fsp3) is 0.176. The van der Waals surface area contributed by atoms with Crippen LogP contribution in [0.25, 0.3) is 10.9 Å². The molecule has 0 aliphatic rings. The molecular formula is C17H15FN2O3. The van der Waals surface area contributed by atoms with Gasteiger partial charge in [-0.05, 0) is 43.2 Å². The van der Waals surface area contributed by atoms with Crippen LogP contribution in [0, 0.1) is 19.7 Å². The van der Waals surface area contributed by atoms with Crippen LogP contribution in [0.2, 0.25) is 0 Å². The molecule has 0 saturated carbocycles. The fourth-order valence-electron chi connectivity index (χ4n) is 2.37. The molecule has 0 radical (unpaired) electrons. The van der Waals surface area contributed by atoms with Gasteiger partial charge in [0.1, 0.15) is 17.9 Å². The topological polar surface area (TPSA) is 75.2 Å². The molecule has 3 aromatic rings. The standard InChI is InChI=1S/C17H15FN2O3/c1-9-10(2)19-15-13(9)7-14(17(21)22)20-16(15)23-8-11-3-5-12(18)6-4-11/h3-7,19H,8H2,1-2H3,(H,21,22). The van der Waals surface area contributed by atoms with Crippen molar-refractivity contribution < 1.29 is 19.0 Å². The van der Waals surface area contributed by atoms with Gasteiger partial charge in [0.2, 0.25) is 5.88 Å². The summed E-state index contributed by atoms with van der Waals surface area (Å²) in [6.45, 7) is 3.98. The summed E-state index contributed by atoms with van der Waals surface area (Å²) in [5.41, 5.74) is 3.23. The van der Waals surface area contributed by atoms with Crippen LogP contribution in [-0.4, -0.2) is 21.0 Å². The molecule has 0 unspecified atom stereocenters. The Hall–Kier alpha value is -2.89. The fourth-order valence-corrected chi connectivity index (χ4v) is 2.37. The van der Waals surface area contributed by atoms with E-state index in [0.29, 0.717) is 5.52 Å². The first-order chi connectivity index (χ1) is 11.0. The zero-order valence-corrected chi connectivity index (χ0v) is 12.7. The Kier molecular flexibility index (Phi) is 3.73. The smallest absolute Gasteiger partial charge is 0.354 e. The first-order valence-electron chi connectivity index (χ1n) is 7.06. The minimum Gasteiger partial charge on any atom is -0.477 e. The summed E-state index contributed by atoms with van der Waals surface area (Å²) in [5.74, 6) is -1.21. The number of hydrogen-bond donors (Lipinski definition) is 2. The number of carbonyl (C=O) groups is 1. The van der Waals surface area contributed by atoms with Crippen molar-refractivity contribution in [3.05, 3.63) is 58.7 Å². The summed E-state index contributed by atoms with van der Waals surface area (Å²) in [7, 11) is 0. The number of nitrogens with one attached hydrogen (secondary N) is 1. The Morgan fingerprint density at radius 2 is 2.00 bits per heavy atom. The summed E-state index contributed by atoms with van der Waals surface area (Å²) in [5, 5.41) is 9.98. The average Bonchev–Trinajstić information content (AvgIpc) is 2.82. The van der Waals surface area contributed by atoms with Gasteiger partial charge in [-0.1, -0.05) is 12.1 Å². The maximum Gasteiger partial charge on any atom is 0.354 e. The summed E-state index contributed by atoms with van der Waals surface area (Å²) >= 11 is 0. The number of fused-ring (bicyclic) bond motifs is 1. The summed E-state index contributed by atoms with van der Waals surface area (Å²) < 4.78 is 18.6. The summed E-state index contributed by atoms with van der Waals surface area (Å²) in [6, 6.07) is 7.44. The Balaban J connectivity index is 1.99. The lowest BCUT2D eigenvalue weighted by atomic mass is 10.1. The number of pyridine rings is 1. The second kappa shape index (κ2) is 5.72. The maximum absolute atomic E-state index is 12.9. The Morgan fingerprint density at radius 3 is 2.65 bits per heavy atom. The van der Waals surface area contributed by atoms with Crippen molar-refractivity contribution in [2.75, 3.05) is 0 Å². The molecular weight excluding hydrogens is 299 g/mol. The van der Waals surface area contributed by atoms with E-state index in [1.807, 2.05) is 13.8 Å². The molecule has 0 fully saturated rings. The minimum atomic E-state index is -1.11. The van der Waals surface area contributed by atoms with Crippen molar-refractivity contribution in [2.45, 2.75) is 20.5 Å². The van der Waals surface area contributed by atoms with E-state index in [2.05, 4.69) is 9.97 Å². The molecule has 1 aromatic carbocycles. The van der Waals surface area contributed by atoms with E-state index >= 15 is 0 Å². The molecule has 3 rings (SSSR count). The minimum absolute atomic E-state index is 0.0753. The van der Waals surface area contributed by atoms with Gasteiger partial charge < -0.3 is 14.8 Å². The Labute approximate surface area is 131 Å². The molecule has 0 amide bonds. The normalized spacial score (nSPS) is 10.9. The number of nitrogens with zero attached hydrogens (tertiary/aromatic N) is 1. The van der Waals surface area contributed by atoms with Gasteiger partial charge in [-0.25, -0.2) is 14.2 Å². The molecule has 0 atom stereocenters. The third-order valence-corrected chi connectivity index (χ3v) is 3.77. The lowest BCUT2D eigenvalue weighted by Crippen LogP contribution is -2.04. The average molecular weight is 314 g/mol. The third-order valence-electron chi connectivity index (χ3n) is 3.77. The zero-order chi connectivity index (χ0) is 16.6. The Morgan fingerprint density at radius 1 is 1.30 bits per heavy atom. The molecule has 2 heterocycles. The van der Waals surface area contributed by atoms with Crippen molar-refractivity contribution in [1.82, 2.24) is 9.97 Å². The van der Waals surface area contributed by atoms with Gasteiger partial charge in [0.15, 0.2) is 5.69 Å². The number of H-pyrrole nitrogens is 1. The van der Waals surface area contributed by atoms with Crippen molar-refractivity contribution in [1.29, 1.82) is 0 Å². The van der Waals surface area contributed by atoms with Crippen molar-refractivity contribution in [3.8, 4) is 5.88 Å². The number of aromatic nitrogens is 2. The van der Waals surface area contributed by atoms with Crippen LogP contribution in [0.4, 0.5) is 4.39 Å². The quantitative estimate of drug-likeness (QED) is 0.771. The van der Waals surface area contributed by atoms with E-state index in [9.17, 15) is 14.3 Å². The van der Waals surface area contributed by atoms with E-state index in [1.54, 1.807) is 12.1 Å². The van der Waals surface area contributed by atoms with E-state index in [4.69, 9.17) is 4.74 Å². The zero-order valence-electron chi connectivity index (χ0n) is 12.7. The van der Waals surface area contributed by atoms with Crippen molar-refractivity contribution in [3.63, 3.8) is 0 Å². The van der Waals surface area contributed by atoms with Crippen LogP contribution in [0.1, 0.15) is 27.3 Å². The predicted molar refractivity (Wildman–Crippen MR) is 83.3 cm³/mol. The second-order valence-corrected chi connectivity index (χ2v) is 5.33. The van der Waals surface area contributed by atoms with Crippen LogP contribution in [-0.2, 0) is 6.61 Å². The third kappa shape index (κ3) is 2.88. The number of aromatic amines is 1. The van der Waals surface area contributed by atoms with Gasteiger partial charge in [-0.2, -0.15) is 0 Å². The number of rotatable bonds is 4. The van der Waals surface area contributed by atoms with Crippen LogP contribution in [0.5, 0.6) is 5.88 Å². The molecule has 6 heteroatoms. The lowest BCUT2D eigenvalue weighted by molar-refractivity contribution is 0.0689. The van der Waals surface area contributed by atoms with Crippen molar-refractivity contribution >= 4 is 16.9 Å². The number of carboxylic acids is 1. The van der Waals surface area contributed by atoms with Crippen molar-refractivity contribution in [2.24, 2.45) is 0 Å². The highest BCUT2D eigenvalue weighted by Crippen LogP contribution is 2.29. The molecule has 118 valence electrons. The van der Waals surface area contributed by atoms with Crippen LogP contribution in [0.3, 0.4) is 0 Å². The molecule has 23 heavy (non-hydrogen) atoms. The predicted octanol–water partition coefficient (Wildman–Crippen LogP) is 3.60. The maximum atomic E-state index is 12.9. The monoisotopic (exact) mass is 314 g/mol. The van der Waals surface area contributed by atoms with E-state index in [-0.39, 0.29) is 24.0 Å². The molecule has 2 aromatic heterocycles. The number of aryl methyl sites for hydroxylation is 2. The molecule has 2 N–H and O–H groups in total. The molecule has 0 aliphatic carbocycles. The van der Waals surface area contributed by atoms with E-state index in [0.717, 1.165) is 22.2 Å². The van der Waals surface area contributed by atoms with Crippen LogP contribution >= 0.6 is 0 Å². The number of benzene rings is 1. The molecule has 0 aliphatic heterocycles. The molecule has 5 nitrogen and oxygen atoms in total. The van der Waals surface area contributed by atoms with Crippen LogP contribution in [0.15, 0.2) is 30.3 Å². The lowest BCUT2D eigenvalue weighted by Gasteiger charge is -2.08. The highest BCUT2D eigenvalue weighted by molar-refractivity contribution is 5.95. The van der Waals surface area contributed by atoms with Gasteiger partial charge in [0, 0.05) is 11.1 Å². The number of halogens is 1. The molecule has 0 bridgehead atoms. The number of hydrogen-bond acceptors (Lipinski definition) is 3. The molecule has 0 spiro atoms. The number of ether oxygens (including phenoxy) is 1. The van der Waals surface area contributed by atoms with Crippen LogP contribution < -0.4 is 4.74 Å².